The minimum absolute atomic E-state index is 0.363. The first-order valence-electron chi connectivity index (χ1n) is 4.07. The Balaban J connectivity index is 1.88. The van der Waals surface area contributed by atoms with Crippen molar-refractivity contribution in [3.8, 4) is 0 Å². The number of likely N-dealkylation sites (tertiary alicyclic amines) is 1. The Hall–Kier alpha value is -0.940. The van der Waals surface area contributed by atoms with Gasteiger partial charge in [-0.05, 0) is 0 Å². The van der Waals surface area contributed by atoms with E-state index in [1.54, 1.807) is 4.68 Å². The second kappa shape index (κ2) is 2.84. The van der Waals surface area contributed by atoms with Crippen molar-refractivity contribution in [2.24, 2.45) is 12.8 Å². The zero-order valence-electron chi connectivity index (χ0n) is 7.14. The highest BCUT2D eigenvalue weighted by atomic mass is 15.4. The number of nitrogens with zero attached hydrogens (tertiary/aromatic N) is 4. The molecule has 0 unspecified atom stereocenters. The van der Waals surface area contributed by atoms with E-state index in [4.69, 9.17) is 5.73 Å². The van der Waals surface area contributed by atoms with Crippen LogP contribution in [0.4, 0.5) is 0 Å². The monoisotopic (exact) mass is 167 g/mol. The first kappa shape index (κ1) is 7.70. The van der Waals surface area contributed by atoms with Gasteiger partial charge in [0.05, 0.1) is 5.69 Å². The van der Waals surface area contributed by atoms with Crippen LogP contribution in [0.2, 0.25) is 0 Å². The molecule has 5 nitrogen and oxygen atoms in total. The summed E-state index contributed by atoms with van der Waals surface area (Å²) in [6, 6.07) is 0.363. The Morgan fingerprint density at radius 1 is 1.67 bits per heavy atom. The fraction of sp³-hybridized carbons (Fsp3) is 0.714. The quantitative estimate of drug-likeness (QED) is 0.611. The molecular formula is C7H13N5. The molecule has 0 aromatic carbocycles. The van der Waals surface area contributed by atoms with Crippen LogP contribution in [0.5, 0.6) is 0 Å². The lowest BCUT2D eigenvalue weighted by Gasteiger charge is -2.35. The molecule has 66 valence electrons. The SMILES string of the molecule is Cn1cc(CN2CC(N)C2)nn1. The summed E-state index contributed by atoms with van der Waals surface area (Å²) < 4.78 is 1.72. The van der Waals surface area contributed by atoms with Crippen molar-refractivity contribution in [1.29, 1.82) is 0 Å². The molecule has 12 heavy (non-hydrogen) atoms. The van der Waals surface area contributed by atoms with E-state index in [9.17, 15) is 0 Å². The Morgan fingerprint density at radius 3 is 2.92 bits per heavy atom. The van der Waals surface area contributed by atoms with Crippen molar-refractivity contribution in [3.63, 3.8) is 0 Å². The first-order valence-corrected chi connectivity index (χ1v) is 4.07. The average molecular weight is 167 g/mol. The largest absolute Gasteiger partial charge is 0.325 e. The van der Waals surface area contributed by atoms with Crippen molar-refractivity contribution in [1.82, 2.24) is 19.9 Å². The third-order valence-electron chi connectivity index (χ3n) is 2.02. The number of aromatic nitrogens is 3. The number of hydrogen-bond acceptors (Lipinski definition) is 4. The molecule has 0 radical (unpaired) electrons. The van der Waals surface area contributed by atoms with Crippen LogP contribution in [0.25, 0.3) is 0 Å². The molecule has 0 spiro atoms. The summed E-state index contributed by atoms with van der Waals surface area (Å²) in [6.07, 6.45) is 1.93. The molecule has 0 atom stereocenters. The van der Waals surface area contributed by atoms with Gasteiger partial charge in [-0.25, -0.2) is 0 Å². The van der Waals surface area contributed by atoms with Gasteiger partial charge in [-0.3, -0.25) is 9.58 Å². The van der Waals surface area contributed by atoms with Gasteiger partial charge in [0.1, 0.15) is 0 Å². The average Bonchev–Trinajstić information content (AvgIpc) is 2.33. The summed E-state index contributed by atoms with van der Waals surface area (Å²) in [6.45, 7) is 2.84. The highest BCUT2D eigenvalue weighted by Crippen LogP contribution is 2.08. The Labute approximate surface area is 71.1 Å². The fourth-order valence-electron chi connectivity index (χ4n) is 1.44. The van der Waals surface area contributed by atoms with E-state index in [1.165, 1.54) is 0 Å². The van der Waals surface area contributed by atoms with Crippen LogP contribution in [0, 0.1) is 0 Å². The Bertz CT molecular complexity index is 263. The molecule has 5 heteroatoms. The van der Waals surface area contributed by atoms with Crippen LogP contribution >= 0.6 is 0 Å². The van der Waals surface area contributed by atoms with Crippen molar-refractivity contribution in [3.05, 3.63) is 11.9 Å². The van der Waals surface area contributed by atoms with Crippen LogP contribution in [0.3, 0.4) is 0 Å². The van der Waals surface area contributed by atoms with Crippen molar-refractivity contribution < 1.29 is 0 Å². The topological polar surface area (TPSA) is 60.0 Å². The first-order chi connectivity index (χ1) is 5.74. The number of rotatable bonds is 2. The summed E-state index contributed by atoms with van der Waals surface area (Å²) in [5, 5.41) is 7.85. The van der Waals surface area contributed by atoms with E-state index in [-0.39, 0.29) is 0 Å². The summed E-state index contributed by atoms with van der Waals surface area (Å²) in [5.41, 5.74) is 6.66. The maximum atomic E-state index is 5.64. The summed E-state index contributed by atoms with van der Waals surface area (Å²) in [7, 11) is 1.87. The molecular weight excluding hydrogens is 154 g/mol. The summed E-state index contributed by atoms with van der Waals surface area (Å²) in [5.74, 6) is 0. The molecule has 0 saturated carbocycles. The summed E-state index contributed by atoms with van der Waals surface area (Å²) >= 11 is 0. The van der Waals surface area contributed by atoms with Gasteiger partial charge in [0, 0.05) is 38.9 Å². The Morgan fingerprint density at radius 2 is 2.42 bits per heavy atom. The third kappa shape index (κ3) is 1.46. The maximum Gasteiger partial charge on any atom is 0.0967 e. The molecule has 1 aromatic heterocycles. The van der Waals surface area contributed by atoms with Crippen LogP contribution in [0.15, 0.2) is 6.20 Å². The van der Waals surface area contributed by atoms with Gasteiger partial charge < -0.3 is 5.73 Å². The van der Waals surface area contributed by atoms with Gasteiger partial charge in [-0.1, -0.05) is 5.21 Å². The van der Waals surface area contributed by atoms with Gasteiger partial charge in [0.2, 0.25) is 0 Å². The number of aryl methyl sites for hydroxylation is 1. The zero-order valence-corrected chi connectivity index (χ0v) is 7.14. The highest BCUT2D eigenvalue weighted by molar-refractivity contribution is 4.95. The van der Waals surface area contributed by atoms with Crippen LogP contribution < -0.4 is 5.73 Å². The van der Waals surface area contributed by atoms with Gasteiger partial charge in [-0.2, -0.15) is 0 Å². The molecule has 1 aliphatic heterocycles. The van der Waals surface area contributed by atoms with E-state index >= 15 is 0 Å². The van der Waals surface area contributed by atoms with Crippen molar-refractivity contribution in [2.45, 2.75) is 12.6 Å². The van der Waals surface area contributed by atoms with E-state index in [1.807, 2.05) is 13.2 Å². The standard InChI is InChI=1S/C7H13N5/c1-11-4-7(9-10-11)5-12-2-6(8)3-12/h4,6H,2-3,5,8H2,1H3. The minimum atomic E-state index is 0.363. The van der Waals surface area contributed by atoms with Crippen molar-refractivity contribution >= 4 is 0 Å². The number of nitrogens with two attached hydrogens (primary N) is 1. The third-order valence-corrected chi connectivity index (χ3v) is 2.02. The molecule has 2 heterocycles. The maximum absolute atomic E-state index is 5.64. The van der Waals surface area contributed by atoms with Crippen LogP contribution in [0.1, 0.15) is 5.69 Å². The van der Waals surface area contributed by atoms with Gasteiger partial charge in [0.25, 0.3) is 0 Å². The van der Waals surface area contributed by atoms with Crippen molar-refractivity contribution in [2.75, 3.05) is 13.1 Å². The van der Waals surface area contributed by atoms with Gasteiger partial charge >= 0.3 is 0 Å². The lowest BCUT2D eigenvalue weighted by Crippen LogP contribution is -2.54. The predicted octanol–water partition coefficient (Wildman–Crippen LogP) is -1.04. The zero-order chi connectivity index (χ0) is 8.55. The van der Waals surface area contributed by atoms with E-state index in [0.717, 1.165) is 25.3 Å². The number of hydrogen-bond donors (Lipinski definition) is 1. The van der Waals surface area contributed by atoms with E-state index < -0.39 is 0 Å². The van der Waals surface area contributed by atoms with Crippen LogP contribution in [-0.4, -0.2) is 39.0 Å². The van der Waals surface area contributed by atoms with Crippen LogP contribution in [-0.2, 0) is 13.6 Å². The lowest BCUT2D eigenvalue weighted by atomic mass is 10.1. The molecule has 1 aromatic rings. The molecule has 2 N–H and O–H groups in total. The second-order valence-corrected chi connectivity index (χ2v) is 3.34. The normalized spacial score (nSPS) is 19.5. The lowest BCUT2D eigenvalue weighted by molar-refractivity contribution is 0.140. The molecule has 0 amide bonds. The second-order valence-electron chi connectivity index (χ2n) is 3.34. The molecule has 0 bridgehead atoms. The summed E-state index contributed by atoms with van der Waals surface area (Å²) in [4.78, 5) is 2.26. The molecule has 2 rings (SSSR count). The smallest absolute Gasteiger partial charge is 0.0967 e. The fourth-order valence-corrected chi connectivity index (χ4v) is 1.44. The molecule has 1 fully saturated rings. The van der Waals surface area contributed by atoms with Gasteiger partial charge in [0.15, 0.2) is 0 Å². The highest BCUT2D eigenvalue weighted by Gasteiger charge is 2.23. The van der Waals surface area contributed by atoms with E-state index in [2.05, 4.69) is 15.2 Å². The molecule has 1 aliphatic rings. The van der Waals surface area contributed by atoms with E-state index in [0.29, 0.717) is 6.04 Å². The molecule has 0 aliphatic carbocycles. The Kier molecular flexibility index (Phi) is 1.82. The predicted molar refractivity (Wildman–Crippen MR) is 44.3 cm³/mol. The molecule has 1 saturated heterocycles. The minimum Gasteiger partial charge on any atom is -0.325 e. The van der Waals surface area contributed by atoms with Gasteiger partial charge in [-0.15, -0.1) is 5.10 Å².